The number of hydrogen-bond donors (Lipinski definition) is 1. The largest absolute Gasteiger partial charge is 0.472 e. The summed E-state index contributed by atoms with van der Waals surface area (Å²) in [6.07, 6.45) is -4.12. The zero-order valence-corrected chi connectivity index (χ0v) is 30.7. The fraction of sp³-hybridized carbons (Fsp3) is 0.611. The first-order valence-corrected chi connectivity index (χ1v) is 18.3. The molecule has 8 rings (SSSR count). The maximum atomic E-state index is 17.1. The summed E-state index contributed by atoms with van der Waals surface area (Å²) in [4.78, 5) is 32.9. The van der Waals surface area contributed by atoms with Crippen LogP contribution in [0.3, 0.4) is 0 Å². The number of nitrogens with zero attached hydrogens (tertiary/aromatic N) is 6. The number of carbonyl (C=O) groups excluding carboxylic acids is 1. The third-order valence-corrected chi connectivity index (χ3v) is 11.7. The Balaban J connectivity index is 1.31. The van der Waals surface area contributed by atoms with Gasteiger partial charge in [0.05, 0.1) is 39.9 Å². The highest BCUT2D eigenvalue weighted by molar-refractivity contribution is 6.36. The lowest BCUT2D eigenvalue weighted by molar-refractivity contribution is -0.137. The highest BCUT2D eigenvalue weighted by atomic mass is 35.5. The van der Waals surface area contributed by atoms with Gasteiger partial charge in [0.25, 0.3) is 0 Å². The average molecular weight is 766 g/mol. The molecule has 53 heavy (non-hydrogen) atoms. The second-order valence-electron chi connectivity index (χ2n) is 16.0. The molecule has 0 radical (unpaired) electrons. The number of amides is 1. The molecule has 5 aliphatic heterocycles. The molecule has 0 aliphatic carbocycles. The molecule has 1 unspecified atom stereocenters. The minimum atomic E-state index is -4.96. The van der Waals surface area contributed by atoms with Crippen molar-refractivity contribution in [2.24, 2.45) is 0 Å². The smallest absolute Gasteiger partial charge is 0.417 e. The van der Waals surface area contributed by atoms with Crippen molar-refractivity contribution in [2.75, 3.05) is 36.9 Å². The minimum Gasteiger partial charge on any atom is -0.472 e. The highest BCUT2D eigenvalue weighted by Gasteiger charge is 2.54. The fourth-order valence-electron chi connectivity index (χ4n) is 9.30. The van der Waals surface area contributed by atoms with E-state index in [-0.39, 0.29) is 72.0 Å². The number of nitrogens with two attached hydrogens (primary N) is 1. The van der Waals surface area contributed by atoms with Crippen molar-refractivity contribution in [1.29, 1.82) is 0 Å². The van der Waals surface area contributed by atoms with E-state index in [9.17, 15) is 22.4 Å². The Bertz CT molecular complexity index is 2010. The van der Waals surface area contributed by atoms with E-state index in [1.165, 1.54) is 6.92 Å². The number of aryl methyl sites for hydroxylation is 1. The third kappa shape index (κ3) is 5.85. The van der Waals surface area contributed by atoms with Crippen molar-refractivity contribution < 1.29 is 41.0 Å². The zero-order chi connectivity index (χ0) is 37.9. The van der Waals surface area contributed by atoms with Crippen LogP contribution in [0.4, 0.5) is 38.3 Å². The summed E-state index contributed by atoms with van der Waals surface area (Å²) in [5, 5.41) is -0.493. The number of fused-ring (bicyclic) bond motifs is 6. The van der Waals surface area contributed by atoms with Crippen molar-refractivity contribution in [1.82, 2.24) is 24.8 Å². The first-order valence-electron chi connectivity index (χ1n) is 17.9. The van der Waals surface area contributed by atoms with Gasteiger partial charge >= 0.3 is 18.3 Å². The van der Waals surface area contributed by atoms with Crippen molar-refractivity contribution >= 4 is 40.1 Å². The van der Waals surface area contributed by atoms with E-state index in [1.54, 1.807) is 32.6 Å². The van der Waals surface area contributed by atoms with Crippen LogP contribution in [0, 0.1) is 12.7 Å². The Morgan fingerprint density at radius 2 is 1.92 bits per heavy atom. The van der Waals surface area contributed by atoms with Gasteiger partial charge in [-0.2, -0.15) is 23.1 Å². The first-order chi connectivity index (χ1) is 24.9. The van der Waals surface area contributed by atoms with Crippen LogP contribution in [-0.2, 0) is 10.9 Å². The van der Waals surface area contributed by atoms with E-state index in [2.05, 4.69) is 14.9 Å². The molecule has 2 N–H and O–H groups in total. The fourth-order valence-corrected chi connectivity index (χ4v) is 9.54. The number of carbonyl (C=O) groups is 1. The molecule has 5 aliphatic rings. The summed E-state index contributed by atoms with van der Waals surface area (Å²) in [6, 6.07) is -0.420. The Labute approximate surface area is 307 Å². The molecule has 1 amide bonds. The zero-order valence-electron chi connectivity index (χ0n) is 30.0. The topological polar surface area (TPSA) is 119 Å². The molecule has 7 heterocycles. The molecule has 2 bridgehead atoms. The molecule has 0 spiro atoms. The van der Waals surface area contributed by atoms with E-state index in [0.29, 0.717) is 25.8 Å². The molecule has 286 valence electrons. The van der Waals surface area contributed by atoms with E-state index >= 15 is 4.39 Å². The van der Waals surface area contributed by atoms with Gasteiger partial charge in [-0.15, -0.1) is 0 Å². The Kier molecular flexibility index (Phi) is 8.37. The Morgan fingerprint density at radius 3 is 2.64 bits per heavy atom. The Morgan fingerprint density at radius 1 is 1.17 bits per heavy atom. The van der Waals surface area contributed by atoms with Gasteiger partial charge in [-0.3, -0.25) is 9.80 Å². The van der Waals surface area contributed by atoms with Crippen LogP contribution in [0.25, 0.3) is 22.2 Å². The van der Waals surface area contributed by atoms with E-state index < -0.39 is 75.4 Å². The van der Waals surface area contributed by atoms with Gasteiger partial charge < -0.3 is 24.8 Å². The standard InChI is InChI=1S/C36H41ClF5N7O4/c1-16-11-20(43)25(37)22(24(16)36(40,41)42)27-26(39)28-23-30(46-32(45-28)51-15-35-9-6-10-47(35)13-18(38)12-35)48-14-19-7-8-21(29(48)17(2)52-31(23)44-27)49(19)33(50)53-34(3,4)5/h11,17-19,21,29H,6-10,12-15,43H2,1-5H3/t17-,18+,19+,21?,29+,35-/m0/s1. The van der Waals surface area contributed by atoms with Crippen LogP contribution in [0.2, 0.25) is 5.02 Å². The number of halogens is 6. The number of ether oxygens (including phenoxy) is 3. The molecule has 1 aromatic carbocycles. The van der Waals surface area contributed by atoms with Crippen LogP contribution in [0.1, 0.15) is 70.9 Å². The summed E-state index contributed by atoms with van der Waals surface area (Å²) >= 11 is 6.46. The minimum absolute atomic E-state index is 0.0250. The van der Waals surface area contributed by atoms with Gasteiger partial charge in [-0.1, -0.05) is 11.6 Å². The predicted molar refractivity (Wildman–Crippen MR) is 187 cm³/mol. The first kappa shape index (κ1) is 36.1. The average Bonchev–Trinajstić information content (AvgIpc) is 3.66. The van der Waals surface area contributed by atoms with Gasteiger partial charge in [0.1, 0.15) is 46.9 Å². The molecule has 3 aromatic rings. The van der Waals surface area contributed by atoms with Crippen molar-refractivity contribution in [3.05, 3.63) is 28.0 Å². The number of nitrogen functional groups attached to an aromatic ring is 1. The second-order valence-corrected chi connectivity index (χ2v) is 16.4. The van der Waals surface area contributed by atoms with Crippen LogP contribution < -0.4 is 20.1 Å². The van der Waals surface area contributed by atoms with E-state index in [0.717, 1.165) is 12.5 Å². The number of alkyl halides is 4. The number of rotatable bonds is 4. The summed E-state index contributed by atoms with van der Waals surface area (Å²) < 4.78 is 94.3. The molecule has 17 heteroatoms. The van der Waals surface area contributed by atoms with E-state index in [4.69, 9.17) is 36.5 Å². The number of benzene rings is 1. The van der Waals surface area contributed by atoms with Crippen molar-refractivity contribution in [3.8, 4) is 23.1 Å². The maximum absolute atomic E-state index is 17.1. The number of anilines is 2. The number of pyridine rings is 1. The quantitative estimate of drug-likeness (QED) is 0.218. The number of hydrogen-bond acceptors (Lipinski definition) is 10. The molecule has 4 saturated heterocycles. The summed E-state index contributed by atoms with van der Waals surface area (Å²) in [6.45, 7) is 9.62. The highest BCUT2D eigenvalue weighted by Crippen LogP contribution is 2.50. The predicted octanol–water partition coefficient (Wildman–Crippen LogP) is 7.09. The molecule has 2 aromatic heterocycles. The number of aromatic nitrogens is 3. The van der Waals surface area contributed by atoms with Gasteiger partial charge in [0.15, 0.2) is 5.82 Å². The van der Waals surface area contributed by atoms with Crippen molar-refractivity contribution in [2.45, 2.75) is 114 Å². The lowest BCUT2D eigenvalue weighted by Crippen LogP contribution is -2.65. The van der Waals surface area contributed by atoms with Gasteiger partial charge in [0.2, 0.25) is 5.88 Å². The van der Waals surface area contributed by atoms with Crippen LogP contribution in [0.5, 0.6) is 11.9 Å². The third-order valence-electron chi connectivity index (χ3n) is 11.3. The maximum Gasteiger partial charge on any atom is 0.417 e. The lowest BCUT2D eigenvalue weighted by atomic mass is 9.95. The van der Waals surface area contributed by atoms with E-state index in [1.807, 2.05) is 4.90 Å². The van der Waals surface area contributed by atoms with Crippen molar-refractivity contribution in [3.63, 3.8) is 0 Å². The molecular weight excluding hydrogens is 725 g/mol. The van der Waals surface area contributed by atoms with Crippen LogP contribution in [0.15, 0.2) is 6.07 Å². The SMILES string of the molecule is Cc1cc(N)c(Cl)c(-c2nc3c4c(nc(OC[C@@]56CCCN5C[C@H](F)C6)nc4c2F)N2C[C@H]4CCC([C@H]2[C@H](C)O3)N4C(=O)OC(C)(C)C)c1C(F)(F)F. The summed E-state index contributed by atoms with van der Waals surface area (Å²) in [5.41, 5.74) is 1.15. The molecule has 0 saturated carbocycles. The lowest BCUT2D eigenvalue weighted by Gasteiger charge is -2.48. The summed E-state index contributed by atoms with van der Waals surface area (Å²) in [5.74, 6) is -1.21. The molecule has 6 atom stereocenters. The molecule has 4 fully saturated rings. The summed E-state index contributed by atoms with van der Waals surface area (Å²) in [7, 11) is 0. The molecule has 11 nitrogen and oxygen atoms in total. The second kappa shape index (κ2) is 12.3. The van der Waals surface area contributed by atoms with Crippen LogP contribution in [-0.4, -0.2) is 98.6 Å². The van der Waals surface area contributed by atoms with Gasteiger partial charge in [0, 0.05) is 25.1 Å². The molecular formula is C36H41ClF5N7O4. The Hall–Kier alpha value is -3.92. The number of piperazine rings is 1. The monoisotopic (exact) mass is 765 g/mol. The van der Waals surface area contributed by atoms with Gasteiger partial charge in [-0.05, 0) is 78.5 Å². The normalized spacial score (nSPS) is 28.2. The van der Waals surface area contributed by atoms with Gasteiger partial charge in [-0.25, -0.2) is 18.6 Å². The van der Waals surface area contributed by atoms with Crippen LogP contribution >= 0.6 is 11.6 Å².